The van der Waals surface area contributed by atoms with Crippen molar-refractivity contribution < 1.29 is 14.0 Å². The van der Waals surface area contributed by atoms with Gasteiger partial charge in [-0.05, 0) is 35.9 Å². The highest BCUT2D eigenvalue weighted by Crippen LogP contribution is 2.14. The summed E-state index contributed by atoms with van der Waals surface area (Å²) in [5, 5.41) is 3.21. The number of hydrogen-bond donors (Lipinski definition) is 1. The van der Waals surface area contributed by atoms with Crippen molar-refractivity contribution in [3.8, 4) is 0 Å². The molecule has 1 aliphatic heterocycles. The molecule has 148 valence electrons. The number of pyridine rings is 2. The summed E-state index contributed by atoms with van der Waals surface area (Å²) in [4.78, 5) is 37.0. The number of piperazine rings is 1. The van der Waals surface area contributed by atoms with Crippen molar-refractivity contribution in [3.05, 3.63) is 78.1 Å². The third-order valence-corrected chi connectivity index (χ3v) is 4.79. The van der Waals surface area contributed by atoms with Gasteiger partial charge in [-0.15, -0.1) is 0 Å². The van der Waals surface area contributed by atoms with E-state index in [4.69, 9.17) is 4.42 Å². The summed E-state index contributed by atoms with van der Waals surface area (Å²) in [6.07, 6.45) is 6.61. The van der Waals surface area contributed by atoms with Gasteiger partial charge in [0.05, 0.1) is 6.26 Å². The highest BCUT2D eigenvalue weighted by atomic mass is 16.3. The predicted molar refractivity (Wildman–Crippen MR) is 106 cm³/mol. The van der Waals surface area contributed by atoms with Crippen LogP contribution in [0.4, 0.5) is 5.82 Å². The first kappa shape index (κ1) is 18.7. The SMILES string of the molecule is O=C(c1ccnc(NCc2cccnc2)c1)N1CCN(C(=O)c2ccco2)CC1. The fraction of sp³-hybridized carbons (Fsp3) is 0.238. The Morgan fingerprint density at radius 2 is 1.79 bits per heavy atom. The maximum absolute atomic E-state index is 12.9. The second-order valence-corrected chi connectivity index (χ2v) is 6.71. The van der Waals surface area contributed by atoms with Crippen LogP contribution in [0, 0.1) is 0 Å². The third-order valence-electron chi connectivity index (χ3n) is 4.79. The summed E-state index contributed by atoms with van der Waals surface area (Å²) in [6, 6.07) is 10.6. The number of nitrogens with zero attached hydrogens (tertiary/aromatic N) is 4. The zero-order valence-corrected chi connectivity index (χ0v) is 15.8. The third kappa shape index (κ3) is 4.43. The van der Waals surface area contributed by atoms with E-state index in [1.54, 1.807) is 52.7 Å². The molecule has 0 aliphatic carbocycles. The molecule has 1 saturated heterocycles. The van der Waals surface area contributed by atoms with Crippen molar-refractivity contribution in [3.63, 3.8) is 0 Å². The maximum Gasteiger partial charge on any atom is 0.289 e. The Kier molecular flexibility index (Phi) is 5.51. The van der Waals surface area contributed by atoms with Crippen LogP contribution in [-0.2, 0) is 6.54 Å². The van der Waals surface area contributed by atoms with E-state index in [1.807, 2.05) is 12.1 Å². The van der Waals surface area contributed by atoms with Crippen LogP contribution >= 0.6 is 0 Å². The standard InChI is InChI=1S/C21H21N5O3/c27-20(25-8-10-26(11-9-25)21(28)18-4-2-12-29-18)17-5-7-23-19(13-17)24-15-16-3-1-6-22-14-16/h1-7,12-14H,8-11,15H2,(H,23,24). The largest absolute Gasteiger partial charge is 0.459 e. The van der Waals surface area contributed by atoms with Crippen molar-refractivity contribution in [2.45, 2.75) is 6.54 Å². The normalized spacial score (nSPS) is 13.9. The number of furan rings is 1. The second-order valence-electron chi connectivity index (χ2n) is 6.71. The molecule has 0 atom stereocenters. The molecule has 2 amide bonds. The number of amides is 2. The Morgan fingerprint density at radius 3 is 2.48 bits per heavy atom. The summed E-state index contributed by atoms with van der Waals surface area (Å²) in [7, 11) is 0. The zero-order chi connectivity index (χ0) is 20.1. The smallest absolute Gasteiger partial charge is 0.289 e. The molecule has 1 N–H and O–H groups in total. The lowest BCUT2D eigenvalue weighted by molar-refractivity contribution is 0.0518. The van der Waals surface area contributed by atoms with Gasteiger partial charge in [-0.25, -0.2) is 4.98 Å². The van der Waals surface area contributed by atoms with Crippen molar-refractivity contribution >= 4 is 17.6 Å². The molecule has 3 aromatic rings. The minimum atomic E-state index is -0.145. The Balaban J connectivity index is 1.34. The highest BCUT2D eigenvalue weighted by molar-refractivity contribution is 5.95. The summed E-state index contributed by atoms with van der Waals surface area (Å²) >= 11 is 0. The molecule has 0 unspecified atom stereocenters. The number of carbonyl (C=O) groups excluding carboxylic acids is 2. The summed E-state index contributed by atoms with van der Waals surface area (Å²) in [5.41, 5.74) is 1.60. The van der Waals surface area contributed by atoms with E-state index >= 15 is 0 Å². The van der Waals surface area contributed by atoms with Gasteiger partial charge in [0, 0.05) is 56.9 Å². The lowest BCUT2D eigenvalue weighted by Gasteiger charge is -2.34. The Hall–Kier alpha value is -3.68. The molecule has 0 bridgehead atoms. The summed E-state index contributed by atoms with van der Waals surface area (Å²) in [5.74, 6) is 0.740. The van der Waals surface area contributed by atoms with E-state index in [-0.39, 0.29) is 11.8 Å². The molecule has 8 nitrogen and oxygen atoms in total. The number of anilines is 1. The van der Waals surface area contributed by atoms with Crippen LogP contribution in [0.3, 0.4) is 0 Å². The van der Waals surface area contributed by atoms with Gasteiger partial charge >= 0.3 is 0 Å². The molecule has 8 heteroatoms. The maximum atomic E-state index is 12.9. The number of nitrogens with one attached hydrogen (secondary N) is 1. The van der Waals surface area contributed by atoms with E-state index in [0.29, 0.717) is 49.9 Å². The highest BCUT2D eigenvalue weighted by Gasteiger charge is 2.26. The number of hydrogen-bond acceptors (Lipinski definition) is 6. The lowest BCUT2D eigenvalue weighted by Crippen LogP contribution is -2.50. The first-order valence-electron chi connectivity index (χ1n) is 9.41. The average molecular weight is 391 g/mol. The topological polar surface area (TPSA) is 91.6 Å². The number of carbonyl (C=O) groups is 2. The Morgan fingerprint density at radius 1 is 1.00 bits per heavy atom. The number of rotatable bonds is 5. The lowest BCUT2D eigenvalue weighted by atomic mass is 10.2. The molecule has 4 heterocycles. The molecular weight excluding hydrogens is 370 g/mol. The quantitative estimate of drug-likeness (QED) is 0.717. The van der Waals surface area contributed by atoms with Crippen LogP contribution in [0.5, 0.6) is 0 Å². The molecule has 0 aromatic carbocycles. The van der Waals surface area contributed by atoms with Crippen molar-refractivity contribution in [2.75, 3.05) is 31.5 Å². The van der Waals surface area contributed by atoms with Crippen LogP contribution in [0.2, 0.25) is 0 Å². The molecular formula is C21H21N5O3. The van der Waals surface area contributed by atoms with E-state index in [1.165, 1.54) is 6.26 Å². The first-order chi connectivity index (χ1) is 14.2. The molecule has 1 aliphatic rings. The average Bonchev–Trinajstić information content (AvgIpc) is 3.33. The van der Waals surface area contributed by atoms with Gasteiger partial charge in [-0.3, -0.25) is 14.6 Å². The minimum absolute atomic E-state index is 0.0677. The van der Waals surface area contributed by atoms with E-state index in [0.717, 1.165) is 5.56 Å². The molecule has 0 saturated carbocycles. The minimum Gasteiger partial charge on any atom is -0.459 e. The molecule has 0 spiro atoms. The van der Waals surface area contributed by atoms with Crippen molar-refractivity contribution in [2.24, 2.45) is 0 Å². The summed E-state index contributed by atoms with van der Waals surface area (Å²) in [6.45, 7) is 2.48. The van der Waals surface area contributed by atoms with Gasteiger partial charge < -0.3 is 19.5 Å². The van der Waals surface area contributed by atoms with E-state index in [9.17, 15) is 9.59 Å². The molecule has 1 fully saturated rings. The van der Waals surface area contributed by atoms with Gasteiger partial charge in [0.2, 0.25) is 0 Å². The van der Waals surface area contributed by atoms with Crippen molar-refractivity contribution in [1.29, 1.82) is 0 Å². The first-order valence-corrected chi connectivity index (χ1v) is 9.41. The van der Waals surface area contributed by atoms with Gasteiger partial charge in [-0.1, -0.05) is 6.07 Å². The van der Waals surface area contributed by atoms with Crippen LogP contribution < -0.4 is 5.32 Å². The fourth-order valence-electron chi connectivity index (χ4n) is 3.21. The molecule has 0 radical (unpaired) electrons. The van der Waals surface area contributed by atoms with Crippen LogP contribution in [0.25, 0.3) is 0 Å². The van der Waals surface area contributed by atoms with Crippen LogP contribution in [-0.4, -0.2) is 57.8 Å². The molecule has 3 aromatic heterocycles. The Bertz CT molecular complexity index is 967. The monoisotopic (exact) mass is 391 g/mol. The Labute approximate surface area is 168 Å². The van der Waals surface area contributed by atoms with Crippen LogP contribution in [0.1, 0.15) is 26.5 Å². The van der Waals surface area contributed by atoms with Crippen LogP contribution in [0.15, 0.2) is 65.7 Å². The van der Waals surface area contributed by atoms with E-state index < -0.39 is 0 Å². The number of aromatic nitrogens is 2. The van der Waals surface area contributed by atoms with Gasteiger partial charge in [0.1, 0.15) is 5.82 Å². The predicted octanol–water partition coefficient (Wildman–Crippen LogP) is 2.28. The molecule has 29 heavy (non-hydrogen) atoms. The van der Waals surface area contributed by atoms with Gasteiger partial charge in [0.25, 0.3) is 11.8 Å². The molecule has 4 rings (SSSR count). The summed E-state index contributed by atoms with van der Waals surface area (Å²) < 4.78 is 5.17. The fourth-order valence-corrected chi connectivity index (χ4v) is 3.21. The van der Waals surface area contributed by atoms with Gasteiger partial charge in [-0.2, -0.15) is 0 Å². The van der Waals surface area contributed by atoms with Crippen molar-refractivity contribution in [1.82, 2.24) is 19.8 Å². The zero-order valence-electron chi connectivity index (χ0n) is 15.8. The van der Waals surface area contributed by atoms with E-state index in [2.05, 4.69) is 15.3 Å². The second kappa shape index (κ2) is 8.55. The van der Waals surface area contributed by atoms with Gasteiger partial charge in [0.15, 0.2) is 5.76 Å².